The lowest BCUT2D eigenvalue weighted by molar-refractivity contribution is 0.0328. The Labute approximate surface area is 98.5 Å². The summed E-state index contributed by atoms with van der Waals surface area (Å²) in [5.41, 5.74) is 0. The van der Waals surface area contributed by atoms with Crippen LogP contribution >= 0.6 is 11.3 Å². The topological polar surface area (TPSA) is 34.1 Å². The molecule has 1 N–H and O–H groups in total. The fraction of sp³-hybridized carbons (Fsp3) is 0.417. The van der Waals surface area contributed by atoms with Crippen molar-refractivity contribution >= 4 is 27.2 Å². The molecule has 0 saturated heterocycles. The summed E-state index contributed by atoms with van der Waals surface area (Å²) in [6, 6.07) is 4.70. The van der Waals surface area contributed by atoms with Crippen molar-refractivity contribution in [3.05, 3.63) is 23.7 Å². The van der Waals surface area contributed by atoms with Crippen LogP contribution in [0.25, 0.3) is 10.1 Å². The van der Waals surface area contributed by atoms with Gasteiger partial charge in [-0.05, 0) is 30.4 Å². The molecule has 0 aromatic carbocycles. The molecule has 0 atom stereocenters. The molecule has 0 aliphatic heterocycles. The van der Waals surface area contributed by atoms with E-state index in [2.05, 4.69) is 27.8 Å². The zero-order valence-electron chi connectivity index (χ0n) is 9.14. The molecule has 84 valence electrons. The molecule has 0 unspecified atom stereocenters. The summed E-state index contributed by atoms with van der Waals surface area (Å²) in [5.74, 6) is 1.01. The zero-order chi connectivity index (χ0) is 11.0. The molecule has 1 aliphatic carbocycles. The Bertz CT molecular complexity index is 490. The molecule has 1 aliphatic rings. The molecule has 2 aromatic heterocycles. The van der Waals surface area contributed by atoms with Crippen LogP contribution in [-0.2, 0) is 4.74 Å². The maximum atomic E-state index is 5.27. The van der Waals surface area contributed by atoms with Crippen molar-refractivity contribution in [1.29, 1.82) is 0 Å². The Kier molecular flexibility index (Phi) is 2.53. The van der Waals surface area contributed by atoms with Crippen LogP contribution in [0.5, 0.6) is 0 Å². The van der Waals surface area contributed by atoms with Crippen molar-refractivity contribution in [2.75, 3.05) is 12.4 Å². The first-order chi connectivity index (χ1) is 7.86. The van der Waals surface area contributed by atoms with Gasteiger partial charge in [0.15, 0.2) is 0 Å². The fourth-order valence-electron chi connectivity index (χ4n) is 2.08. The Morgan fingerprint density at radius 3 is 3.12 bits per heavy atom. The smallest absolute Gasteiger partial charge is 0.134 e. The molecule has 1 fully saturated rings. The molecule has 2 heterocycles. The highest BCUT2D eigenvalue weighted by molar-refractivity contribution is 7.17. The van der Waals surface area contributed by atoms with E-state index in [4.69, 9.17) is 4.74 Å². The number of anilines is 1. The second kappa shape index (κ2) is 4.03. The summed E-state index contributed by atoms with van der Waals surface area (Å²) in [6.07, 6.45) is 4.46. The van der Waals surface area contributed by atoms with E-state index in [1.807, 2.05) is 6.20 Å². The first-order valence-electron chi connectivity index (χ1n) is 5.48. The maximum absolute atomic E-state index is 5.27. The summed E-state index contributed by atoms with van der Waals surface area (Å²) in [7, 11) is 1.78. The van der Waals surface area contributed by atoms with E-state index >= 15 is 0 Å². The average molecular weight is 234 g/mol. The number of nitrogens with one attached hydrogen (secondary N) is 1. The monoisotopic (exact) mass is 234 g/mol. The molecule has 3 rings (SSSR count). The van der Waals surface area contributed by atoms with Crippen molar-refractivity contribution in [2.45, 2.75) is 25.0 Å². The second-order valence-corrected chi connectivity index (χ2v) is 5.11. The van der Waals surface area contributed by atoms with Gasteiger partial charge in [-0.25, -0.2) is 4.98 Å². The number of aromatic nitrogens is 1. The van der Waals surface area contributed by atoms with E-state index < -0.39 is 0 Å². The molecular weight excluding hydrogens is 220 g/mol. The summed E-state index contributed by atoms with van der Waals surface area (Å²) >= 11 is 1.75. The largest absolute Gasteiger partial charge is 0.381 e. The first-order valence-corrected chi connectivity index (χ1v) is 6.36. The lowest BCUT2D eigenvalue weighted by atomic mass is 9.89. The maximum Gasteiger partial charge on any atom is 0.134 e. The molecule has 0 radical (unpaired) electrons. The highest BCUT2D eigenvalue weighted by Crippen LogP contribution is 2.30. The number of methoxy groups -OCH3 is 1. The number of ether oxygens (including phenoxy) is 1. The highest BCUT2D eigenvalue weighted by atomic mass is 32.1. The molecule has 16 heavy (non-hydrogen) atoms. The number of nitrogens with zero attached hydrogens (tertiary/aromatic N) is 1. The van der Waals surface area contributed by atoms with Gasteiger partial charge < -0.3 is 10.1 Å². The third-order valence-corrected chi connectivity index (χ3v) is 4.03. The number of rotatable bonds is 3. The van der Waals surface area contributed by atoms with Gasteiger partial charge in [-0.1, -0.05) is 0 Å². The van der Waals surface area contributed by atoms with Crippen LogP contribution in [0.15, 0.2) is 23.7 Å². The number of fused-ring (bicyclic) bond motifs is 1. The van der Waals surface area contributed by atoms with Gasteiger partial charge in [-0.15, -0.1) is 11.3 Å². The molecule has 0 spiro atoms. The molecule has 3 nitrogen and oxygen atoms in total. The van der Waals surface area contributed by atoms with Crippen LogP contribution in [0, 0.1) is 0 Å². The van der Waals surface area contributed by atoms with E-state index in [1.165, 1.54) is 10.1 Å². The molecular formula is C12H14N2OS. The van der Waals surface area contributed by atoms with Gasteiger partial charge >= 0.3 is 0 Å². The Balaban J connectivity index is 1.77. The minimum Gasteiger partial charge on any atom is -0.381 e. The zero-order valence-corrected chi connectivity index (χ0v) is 9.96. The molecule has 4 heteroatoms. The second-order valence-electron chi connectivity index (χ2n) is 4.16. The lowest BCUT2D eigenvalue weighted by Gasteiger charge is -2.35. The minimum atomic E-state index is 0.430. The average Bonchev–Trinajstić information content (AvgIpc) is 2.71. The Morgan fingerprint density at radius 2 is 2.31 bits per heavy atom. The van der Waals surface area contributed by atoms with Crippen LogP contribution in [0.2, 0.25) is 0 Å². The minimum absolute atomic E-state index is 0.430. The van der Waals surface area contributed by atoms with Crippen LogP contribution in [0.4, 0.5) is 5.82 Å². The quantitative estimate of drug-likeness (QED) is 0.886. The molecule has 2 aromatic rings. The molecule has 1 saturated carbocycles. The van der Waals surface area contributed by atoms with Gasteiger partial charge in [0.2, 0.25) is 0 Å². The normalized spacial score (nSPS) is 24.3. The van der Waals surface area contributed by atoms with Gasteiger partial charge in [0.25, 0.3) is 0 Å². The van der Waals surface area contributed by atoms with Gasteiger partial charge in [-0.3, -0.25) is 0 Å². The van der Waals surface area contributed by atoms with Crippen molar-refractivity contribution < 1.29 is 4.74 Å². The van der Waals surface area contributed by atoms with E-state index in [0.717, 1.165) is 18.7 Å². The number of hydrogen-bond donors (Lipinski definition) is 1. The van der Waals surface area contributed by atoms with Crippen LogP contribution < -0.4 is 5.32 Å². The van der Waals surface area contributed by atoms with Crippen LogP contribution in [0.1, 0.15) is 12.8 Å². The van der Waals surface area contributed by atoms with Gasteiger partial charge in [0.05, 0.1) is 6.10 Å². The predicted molar refractivity (Wildman–Crippen MR) is 67.1 cm³/mol. The Hall–Kier alpha value is -1.13. The molecule has 0 amide bonds. The fourth-order valence-corrected chi connectivity index (χ4v) is 2.86. The van der Waals surface area contributed by atoms with Crippen molar-refractivity contribution in [3.63, 3.8) is 0 Å². The lowest BCUT2D eigenvalue weighted by Crippen LogP contribution is -2.40. The van der Waals surface area contributed by atoms with E-state index in [1.54, 1.807) is 18.4 Å². The number of pyridine rings is 1. The van der Waals surface area contributed by atoms with Crippen molar-refractivity contribution in [1.82, 2.24) is 4.98 Å². The van der Waals surface area contributed by atoms with E-state index in [9.17, 15) is 0 Å². The summed E-state index contributed by atoms with van der Waals surface area (Å²) in [5, 5.41) is 6.82. The predicted octanol–water partition coefficient (Wildman–Crippen LogP) is 2.89. The van der Waals surface area contributed by atoms with Gasteiger partial charge in [0.1, 0.15) is 5.82 Å². The summed E-state index contributed by atoms with van der Waals surface area (Å²) in [6.45, 7) is 0. The van der Waals surface area contributed by atoms with Gasteiger partial charge in [-0.2, -0.15) is 0 Å². The van der Waals surface area contributed by atoms with Crippen molar-refractivity contribution in [2.24, 2.45) is 0 Å². The third-order valence-electron chi connectivity index (χ3n) is 3.15. The molecule has 0 bridgehead atoms. The third kappa shape index (κ3) is 1.68. The number of hydrogen-bond acceptors (Lipinski definition) is 4. The first kappa shape index (κ1) is 10.1. The van der Waals surface area contributed by atoms with E-state index in [-0.39, 0.29) is 0 Å². The van der Waals surface area contributed by atoms with Gasteiger partial charge in [0, 0.05) is 29.4 Å². The van der Waals surface area contributed by atoms with Crippen molar-refractivity contribution in [3.8, 4) is 0 Å². The Morgan fingerprint density at radius 1 is 1.44 bits per heavy atom. The SMILES string of the molecule is COC1CC(Nc2nccc3sccc23)C1. The number of thiophene rings is 1. The summed E-state index contributed by atoms with van der Waals surface area (Å²) < 4.78 is 6.56. The highest BCUT2D eigenvalue weighted by Gasteiger charge is 2.29. The van der Waals surface area contributed by atoms with Crippen LogP contribution in [-0.4, -0.2) is 24.2 Å². The van der Waals surface area contributed by atoms with E-state index in [0.29, 0.717) is 12.1 Å². The van der Waals surface area contributed by atoms with Crippen LogP contribution in [0.3, 0.4) is 0 Å². The summed E-state index contributed by atoms with van der Waals surface area (Å²) in [4.78, 5) is 4.41. The standard InChI is InChI=1S/C12H14N2OS/c1-15-9-6-8(7-9)14-12-10-3-5-16-11(10)2-4-13-12/h2-5,8-9H,6-7H2,1H3,(H,13,14).